The van der Waals surface area contributed by atoms with Gasteiger partial charge in [0, 0.05) is 16.8 Å². The van der Waals surface area contributed by atoms with Crippen molar-refractivity contribution in [2.75, 3.05) is 11.9 Å². The fourth-order valence-electron chi connectivity index (χ4n) is 2.74. The second kappa shape index (κ2) is 7.38. The maximum absolute atomic E-state index is 13.8. The first-order chi connectivity index (χ1) is 12.0. The summed E-state index contributed by atoms with van der Waals surface area (Å²) in [4.78, 5) is 0.266. The summed E-state index contributed by atoms with van der Waals surface area (Å²) in [6, 6.07) is 26.6. The lowest BCUT2D eigenvalue weighted by atomic mass is 10.4. The van der Waals surface area contributed by atoms with E-state index in [-0.39, 0.29) is 16.8 Å². The van der Waals surface area contributed by atoms with Crippen LogP contribution in [0.5, 0.6) is 0 Å². The maximum atomic E-state index is 13.8. The molecule has 5 heteroatoms. The Bertz CT molecular complexity index is 926. The Balaban J connectivity index is 1.96. The summed E-state index contributed by atoms with van der Waals surface area (Å²) < 4.78 is 39.1. The predicted octanol–water partition coefficient (Wildman–Crippen LogP) is 3.47. The monoisotopic (exact) mass is 370 g/mol. The summed E-state index contributed by atoms with van der Waals surface area (Å²) in [5, 5.41) is 1.37. The molecule has 3 aromatic rings. The van der Waals surface area contributed by atoms with Crippen molar-refractivity contribution in [1.29, 1.82) is 0 Å². The van der Waals surface area contributed by atoms with Crippen LogP contribution in [-0.4, -0.2) is 20.3 Å². The fraction of sp³-hybridized carbons (Fsp3) is 0.100. The van der Waals surface area contributed by atoms with E-state index >= 15 is 0 Å². The minimum Gasteiger partial charge on any atom is -0.314 e. The molecule has 0 bridgehead atoms. The fourth-order valence-corrected chi connectivity index (χ4v) is 7.66. The van der Waals surface area contributed by atoms with Crippen LogP contribution in [0.1, 0.15) is 0 Å². The topological polar surface area (TPSA) is 51.2 Å². The number of benzene rings is 3. The van der Waals surface area contributed by atoms with Crippen LogP contribution in [0, 0.1) is 0 Å². The molecule has 0 atom stereocenters. The molecule has 3 aromatic carbocycles. The van der Waals surface area contributed by atoms with E-state index in [1.807, 2.05) is 60.7 Å². The highest BCUT2D eigenvalue weighted by Crippen LogP contribution is 2.43. The normalized spacial score (nSPS) is 12.0. The first-order valence-electron chi connectivity index (χ1n) is 8.00. The third-order valence-corrected chi connectivity index (χ3v) is 9.28. The van der Waals surface area contributed by atoms with Gasteiger partial charge in [0.25, 0.3) is 0 Å². The standard InChI is InChI=1S/C20H19O3PS/c21-24(18-10-4-1-5-11-18,19-12-6-2-7-13-19)16-17-25(22,23)20-14-8-3-9-15-20/h1-15H,16-17H2. The van der Waals surface area contributed by atoms with E-state index in [1.165, 1.54) is 0 Å². The summed E-state index contributed by atoms with van der Waals surface area (Å²) in [5.74, 6) is -0.155. The van der Waals surface area contributed by atoms with Crippen molar-refractivity contribution < 1.29 is 13.0 Å². The van der Waals surface area contributed by atoms with Gasteiger partial charge in [-0.1, -0.05) is 78.9 Å². The first-order valence-corrected chi connectivity index (χ1v) is 11.5. The van der Waals surface area contributed by atoms with E-state index in [0.717, 1.165) is 0 Å². The average molecular weight is 370 g/mol. The summed E-state index contributed by atoms with van der Waals surface area (Å²) in [6.07, 6.45) is 0.0816. The molecule has 0 saturated heterocycles. The minimum atomic E-state index is -3.48. The zero-order chi connectivity index (χ0) is 17.8. The molecule has 0 spiro atoms. The van der Waals surface area contributed by atoms with Crippen molar-refractivity contribution in [3.05, 3.63) is 91.0 Å². The summed E-state index contributed by atoms with van der Waals surface area (Å²) in [5.41, 5.74) is 0. The van der Waals surface area contributed by atoms with Crippen LogP contribution in [0.4, 0.5) is 0 Å². The molecule has 128 valence electrons. The molecule has 3 rings (SSSR count). The molecule has 0 heterocycles. The van der Waals surface area contributed by atoms with Gasteiger partial charge in [-0.3, -0.25) is 0 Å². The highest BCUT2D eigenvalue weighted by Gasteiger charge is 2.29. The van der Waals surface area contributed by atoms with Gasteiger partial charge in [0.1, 0.15) is 7.14 Å². The summed E-state index contributed by atoms with van der Waals surface area (Å²) in [7, 11) is -6.50. The van der Waals surface area contributed by atoms with Gasteiger partial charge in [0.15, 0.2) is 9.84 Å². The van der Waals surface area contributed by atoms with Gasteiger partial charge in [-0.25, -0.2) is 8.42 Å². The molecule has 0 aliphatic rings. The minimum absolute atomic E-state index is 0.0816. The lowest BCUT2D eigenvalue weighted by molar-refractivity contribution is 0.583. The molecule has 0 aliphatic heterocycles. The highest BCUT2D eigenvalue weighted by atomic mass is 32.2. The van der Waals surface area contributed by atoms with E-state index in [0.29, 0.717) is 10.6 Å². The molecule has 0 radical (unpaired) electrons. The van der Waals surface area contributed by atoms with Crippen LogP contribution >= 0.6 is 7.14 Å². The van der Waals surface area contributed by atoms with Gasteiger partial charge >= 0.3 is 0 Å². The molecule has 0 saturated carbocycles. The second-order valence-electron chi connectivity index (χ2n) is 5.77. The Hall–Kier alpha value is -2.16. The molecule has 3 nitrogen and oxygen atoms in total. The van der Waals surface area contributed by atoms with Crippen LogP contribution in [0.15, 0.2) is 95.9 Å². The average Bonchev–Trinajstić information content (AvgIpc) is 2.68. The van der Waals surface area contributed by atoms with Crippen molar-refractivity contribution in [3.8, 4) is 0 Å². The Morgan fingerprint density at radius 2 is 1.04 bits per heavy atom. The van der Waals surface area contributed by atoms with E-state index in [1.54, 1.807) is 30.3 Å². The quantitative estimate of drug-likeness (QED) is 0.624. The molecule has 0 aromatic heterocycles. The van der Waals surface area contributed by atoms with E-state index < -0.39 is 17.0 Å². The van der Waals surface area contributed by atoms with Crippen molar-refractivity contribution in [3.63, 3.8) is 0 Å². The number of rotatable bonds is 6. The summed E-state index contributed by atoms with van der Waals surface area (Å²) >= 11 is 0. The lowest BCUT2D eigenvalue weighted by Gasteiger charge is -2.19. The van der Waals surface area contributed by atoms with E-state index in [2.05, 4.69) is 0 Å². The predicted molar refractivity (Wildman–Crippen MR) is 103 cm³/mol. The van der Waals surface area contributed by atoms with E-state index in [9.17, 15) is 13.0 Å². The largest absolute Gasteiger partial charge is 0.314 e. The van der Waals surface area contributed by atoms with Crippen LogP contribution in [0.25, 0.3) is 0 Å². The third-order valence-electron chi connectivity index (χ3n) is 4.12. The van der Waals surface area contributed by atoms with Crippen LogP contribution < -0.4 is 10.6 Å². The Morgan fingerprint density at radius 1 is 0.640 bits per heavy atom. The molecular weight excluding hydrogens is 351 g/mol. The van der Waals surface area contributed by atoms with Crippen LogP contribution in [0.3, 0.4) is 0 Å². The number of hydrogen-bond donors (Lipinski definition) is 0. The van der Waals surface area contributed by atoms with Crippen LogP contribution in [-0.2, 0) is 14.4 Å². The third kappa shape index (κ3) is 3.92. The van der Waals surface area contributed by atoms with Gasteiger partial charge in [-0.15, -0.1) is 0 Å². The number of hydrogen-bond acceptors (Lipinski definition) is 3. The molecule has 25 heavy (non-hydrogen) atoms. The SMILES string of the molecule is O=P(CCS(=O)(=O)c1ccccc1)(c1ccccc1)c1ccccc1. The van der Waals surface area contributed by atoms with Crippen molar-refractivity contribution >= 4 is 27.6 Å². The Kier molecular flexibility index (Phi) is 5.22. The van der Waals surface area contributed by atoms with Gasteiger partial charge in [0.2, 0.25) is 0 Å². The maximum Gasteiger partial charge on any atom is 0.178 e. The zero-order valence-electron chi connectivity index (χ0n) is 13.7. The Labute approximate surface area is 148 Å². The lowest BCUT2D eigenvalue weighted by Crippen LogP contribution is -2.22. The molecule has 0 aliphatic carbocycles. The van der Waals surface area contributed by atoms with Gasteiger partial charge in [-0.2, -0.15) is 0 Å². The molecule has 0 unspecified atom stereocenters. The zero-order valence-corrected chi connectivity index (χ0v) is 15.4. The van der Waals surface area contributed by atoms with Crippen LogP contribution in [0.2, 0.25) is 0 Å². The van der Waals surface area contributed by atoms with Gasteiger partial charge in [-0.05, 0) is 12.1 Å². The second-order valence-corrected chi connectivity index (χ2v) is 10.8. The molecule has 0 fully saturated rings. The Morgan fingerprint density at radius 3 is 1.48 bits per heavy atom. The van der Waals surface area contributed by atoms with Crippen molar-refractivity contribution in [2.24, 2.45) is 0 Å². The molecular formula is C20H19O3PS. The van der Waals surface area contributed by atoms with Gasteiger partial charge in [0.05, 0.1) is 10.6 Å². The number of sulfone groups is 1. The first kappa shape index (κ1) is 17.7. The highest BCUT2D eigenvalue weighted by molar-refractivity contribution is 7.92. The summed E-state index contributed by atoms with van der Waals surface area (Å²) in [6.45, 7) is 0. The molecule has 0 N–H and O–H groups in total. The van der Waals surface area contributed by atoms with Crippen molar-refractivity contribution in [2.45, 2.75) is 4.90 Å². The molecule has 0 amide bonds. The van der Waals surface area contributed by atoms with E-state index in [4.69, 9.17) is 0 Å². The van der Waals surface area contributed by atoms with Gasteiger partial charge < -0.3 is 4.57 Å². The van der Waals surface area contributed by atoms with Crippen molar-refractivity contribution in [1.82, 2.24) is 0 Å². The smallest absolute Gasteiger partial charge is 0.178 e.